The fourth-order valence-corrected chi connectivity index (χ4v) is 3.43. The zero-order valence-corrected chi connectivity index (χ0v) is 15.3. The molecule has 2 amide bonds. The number of benzene rings is 1. The molecule has 7 nitrogen and oxygen atoms in total. The third-order valence-corrected chi connectivity index (χ3v) is 4.81. The van der Waals surface area contributed by atoms with Crippen LogP contribution in [0.5, 0.6) is 0 Å². The van der Waals surface area contributed by atoms with E-state index >= 15 is 0 Å². The quantitative estimate of drug-likeness (QED) is 0.571. The molecule has 0 unspecified atom stereocenters. The highest BCUT2D eigenvalue weighted by atomic mass is 32.2. The highest BCUT2D eigenvalue weighted by molar-refractivity contribution is 8.18. The standard InChI is InChI=1S/C19H17NO6S/c1-25-9-3-8-20-17(21)16(27-19(20)24)11-14-6-7-15(26-14)12-4-2-5-13(10-12)18(22)23/h2,4-7,10-11H,3,8-9H2,1H3,(H,22,23)/b16-11-. The van der Waals surface area contributed by atoms with E-state index in [9.17, 15) is 14.4 Å². The lowest BCUT2D eigenvalue weighted by molar-refractivity contribution is -0.122. The molecule has 1 fully saturated rings. The molecule has 140 valence electrons. The number of carbonyl (C=O) groups is 3. The van der Waals surface area contributed by atoms with Crippen molar-refractivity contribution in [2.24, 2.45) is 0 Å². The summed E-state index contributed by atoms with van der Waals surface area (Å²) >= 11 is 0.866. The number of methoxy groups -OCH3 is 1. The molecule has 1 saturated heterocycles. The minimum atomic E-state index is -1.02. The summed E-state index contributed by atoms with van der Waals surface area (Å²) < 4.78 is 10.6. The molecule has 1 N–H and O–H groups in total. The fraction of sp³-hybridized carbons (Fsp3) is 0.211. The van der Waals surface area contributed by atoms with Crippen LogP contribution in [0.3, 0.4) is 0 Å². The van der Waals surface area contributed by atoms with Crippen LogP contribution in [0.4, 0.5) is 4.79 Å². The monoisotopic (exact) mass is 387 g/mol. The first-order valence-electron chi connectivity index (χ1n) is 8.17. The van der Waals surface area contributed by atoms with Gasteiger partial charge in [-0.3, -0.25) is 14.5 Å². The van der Waals surface area contributed by atoms with Crippen LogP contribution < -0.4 is 0 Å². The Morgan fingerprint density at radius 2 is 2.11 bits per heavy atom. The molecule has 1 aliphatic rings. The largest absolute Gasteiger partial charge is 0.478 e. The number of ether oxygens (including phenoxy) is 1. The van der Waals surface area contributed by atoms with Crippen molar-refractivity contribution in [3.63, 3.8) is 0 Å². The summed E-state index contributed by atoms with van der Waals surface area (Å²) in [7, 11) is 1.56. The average molecular weight is 387 g/mol. The second-order valence-electron chi connectivity index (χ2n) is 5.77. The van der Waals surface area contributed by atoms with E-state index in [1.54, 1.807) is 31.4 Å². The molecule has 8 heteroatoms. The van der Waals surface area contributed by atoms with Gasteiger partial charge in [-0.2, -0.15) is 0 Å². The first-order valence-corrected chi connectivity index (χ1v) is 8.99. The summed E-state index contributed by atoms with van der Waals surface area (Å²) in [5, 5.41) is 8.77. The minimum absolute atomic E-state index is 0.155. The summed E-state index contributed by atoms with van der Waals surface area (Å²) in [4.78, 5) is 37.0. The number of rotatable bonds is 7. The van der Waals surface area contributed by atoms with Gasteiger partial charge in [0.2, 0.25) is 0 Å². The third kappa shape index (κ3) is 4.29. The topological polar surface area (TPSA) is 97.1 Å². The number of furan rings is 1. The Morgan fingerprint density at radius 1 is 1.30 bits per heavy atom. The van der Waals surface area contributed by atoms with E-state index in [-0.39, 0.29) is 21.6 Å². The van der Waals surface area contributed by atoms with Gasteiger partial charge in [0.1, 0.15) is 11.5 Å². The fourth-order valence-electron chi connectivity index (χ4n) is 2.58. The molecule has 2 aromatic rings. The molecule has 3 rings (SSSR count). The Labute approximate surface area is 159 Å². The number of hydrogen-bond donors (Lipinski definition) is 1. The number of carbonyl (C=O) groups excluding carboxylic acids is 2. The van der Waals surface area contributed by atoms with Gasteiger partial charge in [-0.15, -0.1) is 0 Å². The molecular formula is C19H17NO6S. The van der Waals surface area contributed by atoms with E-state index < -0.39 is 5.97 Å². The highest BCUT2D eigenvalue weighted by Gasteiger charge is 2.34. The maximum Gasteiger partial charge on any atom is 0.335 e. The van der Waals surface area contributed by atoms with Gasteiger partial charge in [-0.1, -0.05) is 12.1 Å². The molecule has 0 bridgehead atoms. The van der Waals surface area contributed by atoms with Crippen molar-refractivity contribution in [3.05, 3.63) is 52.6 Å². The smallest absolute Gasteiger partial charge is 0.335 e. The van der Waals surface area contributed by atoms with Crippen molar-refractivity contribution in [3.8, 4) is 11.3 Å². The van der Waals surface area contributed by atoms with Gasteiger partial charge in [0.25, 0.3) is 11.1 Å². The number of thioether (sulfide) groups is 1. The van der Waals surface area contributed by atoms with Crippen molar-refractivity contribution in [1.82, 2.24) is 4.90 Å². The predicted octanol–water partition coefficient (Wildman–Crippen LogP) is 3.72. The number of amides is 2. The van der Waals surface area contributed by atoms with Gasteiger partial charge in [-0.05, 0) is 42.4 Å². The van der Waals surface area contributed by atoms with Gasteiger partial charge < -0.3 is 14.3 Å². The second-order valence-corrected chi connectivity index (χ2v) is 6.76. The lowest BCUT2D eigenvalue weighted by atomic mass is 10.1. The van der Waals surface area contributed by atoms with E-state index in [4.69, 9.17) is 14.3 Å². The SMILES string of the molecule is COCCCN1C(=O)S/C(=C\c2ccc(-c3cccc(C(=O)O)c3)o2)C1=O. The molecule has 0 atom stereocenters. The first kappa shape index (κ1) is 18.9. The summed E-state index contributed by atoms with van der Waals surface area (Å²) in [6, 6.07) is 9.73. The van der Waals surface area contributed by atoms with Crippen molar-refractivity contribution in [1.29, 1.82) is 0 Å². The molecule has 1 aromatic heterocycles. The molecule has 1 aromatic carbocycles. The average Bonchev–Trinajstić information content (AvgIpc) is 3.22. The van der Waals surface area contributed by atoms with E-state index in [1.807, 2.05) is 0 Å². The van der Waals surface area contributed by atoms with Crippen LogP contribution in [0, 0.1) is 0 Å². The second kappa shape index (κ2) is 8.24. The molecule has 2 heterocycles. The summed E-state index contributed by atoms with van der Waals surface area (Å²) in [5.74, 6) is -0.491. The number of carboxylic acid groups (broad SMARTS) is 1. The third-order valence-electron chi connectivity index (χ3n) is 3.90. The van der Waals surface area contributed by atoms with Crippen LogP contribution in [0.25, 0.3) is 17.4 Å². The molecule has 0 spiro atoms. The van der Waals surface area contributed by atoms with Gasteiger partial charge in [0.15, 0.2) is 0 Å². The lowest BCUT2D eigenvalue weighted by Gasteiger charge is -2.11. The van der Waals surface area contributed by atoms with Crippen molar-refractivity contribution in [2.75, 3.05) is 20.3 Å². The molecule has 0 radical (unpaired) electrons. The zero-order chi connectivity index (χ0) is 19.4. The Hall–Kier alpha value is -2.84. The maximum absolute atomic E-state index is 12.4. The van der Waals surface area contributed by atoms with Crippen molar-refractivity contribution in [2.45, 2.75) is 6.42 Å². The lowest BCUT2D eigenvalue weighted by Crippen LogP contribution is -2.29. The van der Waals surface area contributed by atoms with Gasteiger partial charge in [0, 0.05) is 31.9 Å². The Morgan fingerprint density at radius 3 is 2.85 bits per heavy atom. The van der Waals surface area contributed by atoms with Crippen molar-refractivity contribution < 1.29 is 28.6 Å². The zero-order valence-electron chi connectivity index (χ0n) is 14.5. The van der Waals surface area contributed by atoms with Gasteiger partial charge >= 0.3 is 5.97 Å². The van der Waals surface area contributed by atoms with Crippen LogP contribution in [0.15, 0.2) is 45.7 Å². The Kier molecular flexibility index (Phi) is 5.78. The van der Waals surface area contributed by atoms with E-state index in [1.165, 1.54) is 23.1 Å². The summed E-state index contributed by atoms with van der Waals surface area (Å²) in [6.07, 6.45) is 2.10. The number of hydrogen-bond acceptors (Lipinski definition) is 6. The Bertz CT molecular complexity index is 916. The normalized spacial score (nSPS) is 15.7. The number of imide groups is 1. The predicted molar refractivity (Wildman–Crippen MR) is 100 cm³/mol. The molecular weight excluding hydrogens is 370 g/mol. The van der Waals surface area contributed by atoms with E-state index in [0.29, 0.717) is 36.7 Å². The molecule has 0 saturated carbocycles. The Balaban J connectivity index is 1.77. The number of nitrogens with zero attached hydrogens (tertiary/aromatic N) is 1. The highest BCUT2D eigenvalue weighted by Crippen LogP contribution is 2.33. The first-order chi connectivity index (χ1) is 13.0. The molecule has 0 aliphatic carbocycles. The van der Waals surface area contributed by atoms with Gasteiger partial charge in [-0.25, -0.2) is 4.79 Å². The van der Waals surface area contributed by atoms with Crippen LogP contribution in [-0.2, 0) is 9.53 Å². The number of carboxylic acids is 1. The van der Waals surface area contributed by atoms with Crippen LogP contribution in [0.2, 0.25) is 0 Å². The minimum Gasteiger partial charge on any atom is -0.478 e. The maximum atomic E-state index is 12.4. The van der Waals surface area contributed by atoms with Crippen molar-refractivity contribution >= 4 is 35.0 Å². The molecule has 27 heavy (non-hydrogen) atoms. The molecule has 1 aliphatic heterocycles. The summed E-state index contributed by atoms with van der Waals surface area (Å²) in [6.45, 7) is 0.777. The van der Waals surface area contributed by atoms with Gasteiger partial charge in [0.05, 0.1) is 10.5 Å². The van der Waals surface area contributed by atoms with Crippen LogP contribution in [0.1, 0.15) is 22.5 Å². The number of aromatic carboxylic acids is 1. The van der Waals surface area contributed by atoms with Crippen LogP contribution in [-0.4, -0.2) is 47.4 Å². The van der Waals surface area contributed by atoms with E-state index in [0.717, 1.165) is 11.8 Å². The van der Waals surface area contributed by atoms with E-state index in [2.05, 4.69) is 0 Å². The summed E-state index contributed by atoms with van der Waals surface area (Å²) in [5.41, 5.74) is 0.768. The van der Waals surface area contributed by atoms with Crippen LogP contribution >= 0.6 is 11.8 Å².